The molecule has 0 fully saturated rings. The smallest absolute Gasteiger partial charge is 0.258 e. The average Bonchev–Trinajstić information content (AvgIpc) is 2.47. The Balaban J connectivity index is 2.20. The number of hydrogen-bond acceptors (Lipinski definition) is 3. The van der Waals surface area contributed by atoms with Crippen molar-refractivity contribution >= 4 is 17.5 Å². The van der Waals surface area contributed by atoms with E-state index < -0.39 is 5.91 Å². The van der Waals surface area contributed by atoms with E-state index in [1.165, 1.54) is 25.4 Å². The van der Waals surface area contributed by atoms with Crippen molar-refractivity contribution < 1.29 is 13.9 Å². The van der Waals surface area contributed by atoms with Crippen LogP contribution in [0.1, 0.15) is 28.9 Å². The highest BCUT2D eigenvalue weighted by atomic mass is 35.5. The van der Waals surface area contributed by atoms with Crippen LogP contribution in [0.2, 0.25) is 5.15 Å². The van der Waals surface area contributed by atoms with Crippen LogP contribution in [0, 0.1) is 5.82 Å². The van der Waals surface area contributed by atoms with Crippen LogP contribution < -0.4 is 10.1 Å². The number of hydrogen-bond donors (Lipinski definition) is 1. The third kappa shape index (κ3) is 3.49. The summed E-state index contributed by atoms with van der Waals surface area (Å²) in [5, 5.41) is 2.85. The van der Waals surface area contributed by atoms with Gasteiger partial charge in [0.25, 0.3) is 5.91 Å². The molecule has 0 bridgehead atoms. The van der Waals surface area contributed by atoms with E-state index in [1.807, 2.05) is 0 Å². The maximum atomic E-state index is 12.9. The molecule has 1 atom stereocenters. The number of carbonyl (C=O) groups is 1. The maximum Gasteiger partial charge on any atom is 0.258 e. The Hall–Kier alpha value is -2.14. The Labute approximate surface area is 126 Å². The van der Waals surface area contributed by atoms with Crippen LogP contribution in [0.4, 0.5) is 4.39 Å². The van der Waals surface area contributed by atoms with E-state index in [-0.39, 0.29) is 22.6 Å². The molecule has 0 saturated carbocycles. The molecule has 4 nitrogen and oxygen atoms in total. The van der Waals surface area contributed by atoms with Gasteiger partial charge in [-0.2, -0.15) is 0 Å². The third-order valence-corrected chi connectivity index (χ3v) is 3.32. The lowest BCUT2D eigenvalue weighted by molar-refractivity contribution is 0.0936. The largest absolute Gasteiger partial charge is 0.496 e. The molecular weight excluding hydrogens is 295 g/mol. The fourth-order valence-electron chi connectivity index (χ4n) is 1.90. The van der Waals surface area contributed by atoms with Gasteiger partial charge in [0.15, 0.2) is 0 Å². The van der Waals surface area contributed by atoms with Gasteiger partial charge in [0.1, 0.15) is 22.3 Å². The Morgan fingerprint density at radius 3 is 2.62 bits per heavy atom. The van der Waals surface area contributed by atoms with E-state index in [9.17, 15) is 9.18 Å². The monoisotopic (exact) mass is 308 g/mol. The highest BCUT2D eigenvalue weighted by Gasteiger charge is 2.19. The normalized spacial score (nSPS) is 11.8. The second-order valence-corrected chi connectivity index (χ2v) is 4.78. The van der Waals surface area contributed by atoms with E-state index in [1.54, 1.807) is 25.1 Å². The fourth-order valence-corrected chi connectivity index (χ4v) is 2.13. The van der Waals surface area contributed by atoms with E-state index in [4.69, 9.17) is 16.3 Å². The van der Waals surface area contributed by atoms with Crippen molar-refractivity contribution in [2.75, 3.05) is 7.11 Å². The van der Waals surface area contributed by atoms with Crippen molar-refractivity contribution in [3.63, 3.8) is 0 Å². The van der Waals surface area contributed by atoms with Gasteiger partial charge >= 0.3 is 0 Å². The van der Waals surface area contributed by atoms with Crippen molar-refractivity contribution in [1.29, 1.82) is 0 Å². The minimum absolute atomic E-state index is 0.0677. The number of rotatable bonds is 4. The summed E-state index contributed by atoms with van der Waals surface area (Å²) in [5.41, 5.74) is 0.958. The lowest BCUT2D eigenvalue weighted by Gasteiger charge is -2.16. The average molecular weight is 309 g/mol. The van der Waals surface area contributed by atoms with E-state index in [2.05, 4.69) is 10.3 Å². The van der Waals surface area contributed by atoms with E-state index in [0.717, 1.165) is 5.56 Å². The number of amides is 1. The summed E-state index contributed by atoms with van der Waals surface area (Å²) < 4.78 is 18.0. The maximum absolute atomic E-state index is 12.9. The first-order chi connectivity index (χ1) is 10.0. The molecule has 0 aliphatic heterocycles. The van der Waals surface area contributed by atoms with Crippen molar-refractivity contribution in [2.45, 2.75) is 13.0 Å². The van der Waals surface area contributed by atoms with Crippen molar-refractivity contribution in [1.82, 2.24) is 10.3 Å². The summed E-state index contributed by atoms with van der Waals surface area (Å²) in [4.78, 5) is 16.2. The lowest BCUT2D eigenvalue weighted by atomic mass is 10.1. The summed E-state index contributed by atoms with van der Waals surface area (Å²) in [5.74, 6) is -0.380. The number of benzene rings is 1. The summed E-state index contributed by atoms with van der Waals surface area (Å²) >= 11 is 5.95. The van der Waals surface area contributed by atoms with Crippen molar-refractivity contribution in [3.8, 4) is 5.75 Å². The summed E-state index contributed by atoms with van der Waals surface area (Å²) in [6, 6.07) is 7.17. The first-order valence-corrected chi connectivity index (χ1v) is 6.65. The van der Waals surface area contributed by atoms with Gasteiger partial charge in [-0.25, -0.2) is 9.37 Å². The van der Waals surface area contributed by atoms with Gasteiger partial charge in [0.05, 0.1) is 13.2 Å². The number of pyridine rings is 1. The minimum Gasteiger partial charge on any atom is -0.496 e. The van der Waals surface area contributed by atoms with Crippen molar-refractivity contribution in [2.24, 2.45) is 0 Å². The van der Waals surface area contributed by atoms with Crippen LogP contribution in [0.25, 0.3) is 0 Å². The molecule has 2 aromatic rings. The SMILES string of the molecule is COc1ccnc(Cl)c1C(=O)N[C@@H](C)c1ccc(F)cc1. The molecule has 1 aromatic heterocycles. The Morgan fingerprint density at radius 2 is 2.00 bits per heavy atom. The Morgan fingerprint density at radius 1 is 1.33 bits per heavy atom. The van der Waals surface area contributed by atoms with Gasteiger partial charge in [-0.05, 0) is 30.7 Å². The van der Waals surface area contributed by atoms with E-state index >= 15 is 0 Å². The Bertz CT molecular complexity index is 647. The molecule has 1 heterocycles. The molecular formula is C15H14ClFN2O2. The highest BCUT2D eigenvalue weighted by Crippen LogP contribution is 2.25. The fraction of sp³-hybridized carbons (Fsp3) is 0.200. The molecule has 1 amide bonds. The van der Waals surface area contributed by atoms with Crippen LogP contribution in [0.3, 0.4) is 0 Å². The van der Waals surface area contributed by atoms with E-state index in [0.29, 0.717) is 5.75 Å². The predicted molar refractivity (Wildman–Crippen MR) is 78.1 cm³/mol. The van der Waals surface area contributed by atoms with Crippen LogP contribution in [-0.2, 0) is 0 Å². The molecule has 1 aromatic carbocycles. The second kappa shape index (κ2) is 6.54. The number of nitrogens with zero attached hydrogens (tertiary/aromatic N) is 1. The first-order valence-electron chi connectivity index (χ1n) is 6.27. The topological polar surface area (TPSA) is 51.2 Å². The number of carbonyl (C=O) groups excluding carboxylic acids is 1. The molecule has 0 saturated heterocycles. The molecule has 0 aliphatic carbocycles. The first kappa shape index (κ1) is 15.3. The number of halogens is 2. The van der Waals surface area contributed by atoms with Gasteiger partial charge < -0.3 is 10.1 Å². The molecule has 1 N–H and O–H groups in total. The molecule has 2 rings (SSSR count). The molecule has 0 aliphatic rings. The van der Waals surface area contributed by atoms with Gasteiger partial charge in [0.2, 0.25) is 0 Å². The molecule has 110 valence electrons. The zero-order chi connectivity index (χ0) is 15.4. The molecule has 0 radical (unpaired) electrons. The summed E-state index contributed by atoms with van der Waals surface area (Å²) in [7, 11) is 1.45. The molecule has 0 unspecified atom stereocenters. The van der Waals surface area contributed by atoms with Gasteiger partial charge in [-0.15, -0.1) is 0 Å². The summed E-state index contributed by atoms with van der Waals surface area (Å²) in [6.07, 6.45) is 1.46. The Kier molecular flexibility index (Phi) is 4.75. The second-order valence-electron chi connectivity index (χ2n) is 4.43. The standard InChI is InChI=1S/C15H14ClFN2O2/c1-9(10-3-5-11(17)6-4-10)19-15(20)13-12(21-2)7-8-18-14(13)16/h3-9H,1-2H3,(H,19,20)/t9-/m0/s1. The number of nitrogens with one attached hydrogen (secondary N) is 1. The van der Waals surface area contributed by atoms with Crippen LogP contribution in [-0.4, -0.2) is 18.0 Å². The van der Waals surface area contributed by atoms with Gasteiger partial charge in [-0.3, -0.25) is 4.79 Å². The zero-order valence-corrected chi connectivity index (χ0v) is 12.3. The van der Waals surface area contributed by atoms with Crippen LogP contribution >= 0.6 is 11.6 Å². The third-order valence-electron chi connectivity index (χ3n) is 3.03. The van der Waals surface area contributed by atoms with Crippen LogP contribution in [0.15, 0.2) is 36.5 Å². The molecule has 6 heteroatoms. The quantitative estimate of drug-likeness (QED) is 0.881. The number of aromatic nitrogens is 1. The van der Waals surface area contributed by atoms with Gasteiger partial charge in [0, 0.05) is 6.20 Å². The predicted octanol–water partition coefficient (Wildman–Crippen LogP) is 3.37. The summed E-state index contributed by atoms with van der Waals surface area (Å²) in [6.45, 7) is 1.79. The number of ether oxygens (including phenoxy) is 1. The van der Waals surface area contributed by atoms with Crippen molar-refractivity contribution in [3.05, 3.63) is 58.6 Å². The van der Waals surface area contributed by atoms with Gasteiger partial charge in [-0.1, -0.05) is 23.7 Å². The number of methoxy groups -OCH3 is 1. The molecule has 0 spiro atoms. The zero-order valence-electron chi connectivity index (χ0n) is 11.6. The lowest BCUT2D eigenvalue weighted by Crippen LogP contribution is -2.27. The minimum atomic E-state index is -0.401. The van der Waals surface area contributed by atoms with Crippen LogP contribution in [0.5, 0.6) is 5.75 Å². The molecule has 21 heavy (non-hydrogen) atoms. The highest BCUT2D eigenvalue weighted by molar-refractivity contribution is 6.33.